The van der Waals surface area contributed by atoms with Gasteiger partial charge in [0.05, 0.1) is 18.2 Å². The van der Waals surface area contributed by atoms with Gasteiger partial charge in [-0.3, -0.25) is 4.79 Å². The number of ether oxygens (including phenoxy) is 2. The molecule has 1 fully saturated rings. The second-order valence-electron chi connectivity index (χ2n) is 6.03. The van der Waals surface area contributed by atoms with Crippen molar-refractivity contribution in [2.45, 2.75) is 39.5 Å². The van der Waals surface area contributed by atoms with E-state index >= 15 is 0 Å². The van der Waals surface area contributed by atoms with Crippen molar-refractivity contribution < 1.29 is 14.3 Å². The number of carbonyl (C=O) groups excluding carboxylic acids is 1. The number of rotatable bonds is 9. The highest BCUT2D eigenvalue weighted by Crippen LogP contribution is 2.37. The van der Waals surface area contributed by atoms with Crippen LogP contribution in [0.3, 0.4) is 0 Å². The predicted octanol–water partition coefficient (Wildman–Crippen LogP) is 4.51. The van der Waals surface area contributed by atoms with Crippen molar-refractivity contribution in [3.8, 4) is 11.5 Å². The van der Waals surface area contributed by atoms with Gasteiger partial charge in [-0.2, -0.15) is 0 Å². The molecule has 5 heteroatoms. The Bertz CT molecular complexity index is 543. The molecule has 0 spiro atoms. The summed E-state index contributed by atoms with van der Waals surface area (Å²) in [4.78, 5) is 14.8. The van der Waals surface area contributed by atoms with Crippen LogP contribution in [0.4, 0.5) is 0 Å². The van der Waals surface area contributed by atoms with Crippen LogP contribution in [-0.4, -0.2) is 37.6 Å². The van der Waals surface area contributed by atoms with Crippen LogP contribution >= 0.6 is 15.9 Å². The van der Waals surface area contributed by atoms with E-state index in [0.717, 1.165) is 30.4 Å². The third-order valence-electron chi connectivity index (χ3n) is 3.88. The molecule has 23 heavy (non-hydrogen) atoms. The number of hydrogen-bond acceptors (Lipinski definition) is 3. The number of methoxy groups -OCH3 is 1. The molecule has 1 amide bonds. The SMILES string of the molecule is CCCOc1c(Br)cc(C(=O)N(CCC)CC2CC2)cc1OC. The molecule has 1 aromatic rings. The fraction of sp³-hybridized carbons (Fsp3) is 0.611. The zero-order valence-electron chi connectivity index (χ0n) is 14.2. The van der Waals surface area contributed by atoms with Crippen LogP contribution in [-0.2, 0) is 0 Å². The molecule has 0 saturated heterocycles. The second kappa shape index (κ2) is 8.57. The Morgan fingerprint density at radius 3 is 2.61 bits per heavy atom. The summed E-state index contributed by atoms with van der Waals surface area (Å²) in [6.07, 6.45) is 4.37. The van der Waals surface area contributed by atoms with E-state index in [9.17, 15) is 4.79 Å². The average Bonchev–Trinajstić information content (AvgIpc) is 3.36. The van der Waals surface area contributed by atoms with Gasteiger partial charge in [-0.05, 0) is 59.7 Å². The standard InChI is InChI=1S/C18H26BrNO3/c1-4-8-20(12-13-6-7-13)18(21)14-10-15(19)17(23-9-5-2)16(11-14)22-3/h10-11,13H,4-9,12H2,1-3H3. The number of nitrogens with zero attached hydrogens (tertiary/aromatic N) is 1. The largest absolute Gasteiger partial charge is 0.493 e. The second-order valence-corrected chi connectivity index (χ2v) is 6.89. The lowest BCUT2D eigenvalue weighted by atomic mass is 10.1. The van der Waals surface area contributed by atoms with E-state index in [1.54, 1.807) is 13.2 Å². The molecule has 0 atom stereocenters. The highest BCUT2D eigenvalue weighted by atomic mass is 79.9. The molecule has 0 aromatic heterocycles. The minimum absolute atomic E-state index is 0.0693. The van der Waals surface area contributed by atoms with Gasteiger partial charge in [0.15, 0.2) is 11.5 Å². The van der Waals surface area contributed by atoms with Crippen molar-refractivity contribution in [3.05, 3.63) is 22.2 Å². The molecule has 1 aromatic carbocycles. The van der Waals surface area contributed by atoms with Crippen LogP contribution in [0.15, 0.2) is 16.6 Å². The summed E-state index contributed by atoms with van der Waals surface area (Å²) in [6.45, 7) is 6.43. The lowest BCUT2D eigenvalue weighted by molar-refractivity contribution is 0.0747. The fourth-order valence-corrected chi connectivity index (χ4v) is 3.08. The zero-order chi connectivity index (χ0) is 16.8. The Labute approximate surface area is 147 Å². The van der Waals surface area contributed by atoms with E-state index in [1.165, 1.54) is 12.8 Å². The van der Waals surface area contributed by atoms with E-state index in [1.807, 2.05) is 11.0 Å². The third kappa shape index (κ3) is 4.87. The molecule has 0 radical (unpaired) electrons. The van der Waals surface area contributed by atoms with Crippen molar-refractivity contribution in [1.82, 2.24) is 4.90 Å². The van der Waals surface area contributed by atoms with E-state index in [4.69, 9.17) is 9.47 Å². The number of amides is 1. The molecular weight excluding hydrogens is 358 g/mol. The van der Waals surface area contributed by atoms with E-state index in [2.05, 4.69) is 29.8 Å². The Balaban J connectivity index is 2.22. The first-order chi connectivity index (χ1) is 11.1. The minimum Gasteiger partial charge on any atom is -0.493 e. The lowest BCUT2D eigenvalue weighted by Gasteiger charge is -2.23. The van der Waals surface area contributed by atoms with Crippen LogP contribution in [0.25, 0.3) is 0 Å². The van der Waals surface area contributed by atoms with Gasteiger partial charge in [-0.1, -0.05) is 13.8 Å². The molecular formula is C18H26BrNO3. The van der Waals surface area contributed by atoms with Crippen molar-refractivity contribution in [2.75, 3.05) is 26.8 Å². The fourth-order valence-electron chi connectivity index (χ4n) is 2.53. The summed E-state index contributed by atoms with van der Waals surface area (Å²) < 4.78 is 11.9. The topological polar surface area (TPSA) is 38.8 Å². The van der Waals surface area contributed by atoms with Gasteiger partial charge in [0.1, 0.15) is 0 Å². The number of benzene rings is 1. The van der Waals surface area contributed by atoms with Gasteiger partial charge in [0, 0.05) is 18.7 Å². The predicted molar refractivity (Wildman–Crippen MR) is 95.4 cm³/mol. The first-order valence-electron chi connectivity index (χ1n) is 8.40. The van der Waals surface area contributed by atoms with Crippen molar-refractivity contribution in [1.29, 1.82) is 0 Å². The van der Waals surface area contributed by atoms with Crippen LogP contribution < -0.4 is 9.47 Å². The number of carbonyl (C=O) groups is 1. The van der Waals surface area contributed by atoms with Gasteiger partial charge >= 0.3 is 0 Å². The summed E-state index contributed by atoms with van der Waals surface area (Å²) >= 11 is 3.51. The monoisotopic (exact) mass is 383 g/mol. The van der Waals surface area contributed by atoms with Crippen LogP contribution in [0.1, 0.15) is 49.9 Å². The summed E-state index contributed by atoms with van der Waals surface area (Å²) in [7, 11) is 1.60. The Morgan fingerprint density at radius 2 is 2.04 bits per heavy atom. The summed E-state index contributed by atoms with van der Waals surface area (Å²) in [5.41, 5.74) is 0.645. The minimum atomic E-state index is 0.0693. The van der Waals surface area contributed by atoms with Crippen molar-refractivity contribution in [3.63, 3.8) is 0 Å². The van der Waals surface area contributed by atoms with Crippen LogP contribution in [0, 0.1) is 5.92 Å². The molecule has 0 aliphatic heterocycles. The van der Waals surface area contributed by atoms with Crippen LogP contribution in [0.2, 0.25) is 0 Å². The molecule has 0 unspecified atom stereocenters. The Hall–Kier alpha value is -1.23. The Morgan fingerprint density at radius 1 is 1.30 bits per heavy atom. The van der Waals surface area contributed by atoms with Gasteiger partial charge in [0.25, 0.3) is 5.91 Å². The third-order valence-corrected chi connectivity index (χ3v) is 4.47. The molecule has 2 rings (SSSR count). The first kappa shape index (κ1) is 18.1. The van der Waals surface area contributed by atoms with Gasteiger partial charge in [-0.25, -0.2) is 0 Å². The molecule has 1 aliphatic rings. The highest BCUT2D eigenvalue weighted by molar-refractivity contribution is 9.10. The average molecular weight is 384 g/mol. The molecule has 1 aliphatic carbocycles. The molecule has 1 saturated carbocycles. The van der Waals surface area contributed by atoms with Crippen LogP contribution in [0.5, 0.6) is 11.5 Å². The summed E-state index contributed by atoms with van der Waals surface area (Å²) in [6, 6.07) is 3.62. The van der Waals surface area contributed by atoms with E-state index < -0.39 is 0 Å². The zero-order valence-corrected chi connectivity index (χ0v) is 15.8. The highest BCUT2D eigenvalue weighted by Gasteiger charge is 2.27. The maximum absolute atomic E-state index is 12.9. The Kier molecular flexibility index (Phi) is 6.75. The molecule has 4 nitrogen and oxygen atoms in total. The van der Waals surface area contributed by atoms with Gasteiger partial charge in [0.2, 0.25) is 0 Å². The van der Waals surface area contributed by atoms with Crippen molar-refractivity contribution in [2.24, 2.45) is 5.92 Å². The van der Waals surface area contributed by atoms with Gasteiger partial charge in [-0.15, -0.1) is 0 Å². The van der Waals surface area contributed by atoms with Crippen molar-refractivity contribution >= 4 is 21.8 Å². The quantitative estimate of drug-likeness (QED) is 0.629. The maximum Gasteiger partial charge on any atom is 0.254 e. The van der Waals surface area contributed by atoms with E-state index in [-0.39, 0.29) is 5.91 Å². The molecule has 128 valence electrons. The smallest absolute Gasteiger partial charge is 0.254 e. The molecule has 0 heterocycles. The number of hydrogen-bond donors (Lipinski definition) is 0. The molecule has 0 N–H and O–H groups in total. The first-order valence-corrected chi connectivity index (χ1v) is 9.19. The number of halogens is 1. The lowest BCUT2D eigenvalue weighted by Crippen LogP contribution is -2.33. The maximum atomic E-state index is 12.9. The van der Waals surface area contributed by atoms with E-state index in [0.29, 0.717) is 29.6 Å². The summed E-state index contributed by atoms with van der Waals surface area (Å²) in [5, 5.41) is 0. The molecule has 0 bridgehead atoms. The normalized spacial score (nSPS) is 13.7. The summed E-state index contributed by atoms with van der Waals surface area (Å²) in [5.74, 6) is 2.01. The van der Waals surface area contributed by atoms with Gasteiger partial charge < -0.3 is 14.4 Å².